The van der Waals surface area contributed by atoms with Crippen molar-refractivity contribution in [2.75, 3.05) is 35.6 Å². The molecular weight excluding hydrogens is 358 g/mol. The predicted molar refractivity (Wildman–Crippen MR) is 99.8 cm³/mol. The molecular formula is C17H25N3O5S. The number of anilines is 2. The zero-order valence-electron chi connectivity index (χ0n) is 15.2. The number of sulfonamides is 1. The van der Waals surface area contributed by atoms with E-state index in [0.717, 1.165) is 6.42 Å². The lowest BCUT2D eigenvalue weighted by Gasteiger charge is -2.19. The zero-order valence-corrected chi connectivity index (χ0v) is 16.1. The molecule has 0 radical (unpaired) electrons. The molecule has 0 atom stereocenters. The monoisotopic (exact) mass is 383 g/mol. The number of carbonyl (C=O) groups is 2. The van der Waals surface area contributed by atoms with Crippen LogP contribution in [0.15, 0.2) is 18.2 Å². The van der Waals surface area contributed by atoms with Crippen LogP contribution in [0.3, 0.4) is 0 Å². The highest BCUT2D eigenvalue weighted by Crippen LogP contribution is 2.32. The van der Waals surface area contributed by atoms with Crippen LogP contribution in [0.4, 0.5) is 11.4 Å². The number of rotatable bonds is 6. The Labute approximate surface area is 153 Å². The molecule has 1 aromatic rings. The van der Waals surface area contributed by atoms with E-state index in [9.17, 15) is 18.0 Å². The van der Waals surface area contributed by atoms with E-state index in [-0.39, 0.29) is 11.5 Å². The number of hydrogen-bond donors (Lipinski definition) is 2. The number of methoxy groups -OCH3 is 1. The van der Waals surface area contributed by atoms with Crippen molar-refractivity contribution in [2.45, 2.75) is 26.7 Å². The molecule has 2 amide bonds. The van der Waals surface area contributed by atoms with Crippen LogP contribution in [0, 0.1) is 5.92 Å². The van der Waals surface area contributed by atoms with Gasteiger partial charge in [0.05, 0.1) is 24.2 Å². The number of nitrogens with zero attached hydrogens (tertiary/aromatic N) is 1. The van der Waals surface area contributed by atoms with Crippen molar-refractivity contribution in [3.05, 3.63) is 18.2 Å². The fourth-order valence-electron chi connectivity index (χ4n) is 2.60. The second kappa shape index (κ2) is 8.39. The Hall–Kier alpha value is -2.29. The molecule has 144 valence electrons. The van der Waals surface area contributed by atoms with Gasteiger partial charge < -0.3 is 15.4 Å². The maximum absolute atomic E-state index is 12.0. The van der Waals surface area contributed by atoms with Crippen LogP contribution in [-0.4, -0.2) is 46.2 Å². The van der Waals surface area contributed by atoms with Gasteiger partial charge in [-0.2, -0.15) is 0 Å². The Morgan fingerprint density at radius 1 is 1.27 bits per heavy atom. The van der Waals surface area contributed by atoms with Gasteiger partial charge in [0.15, 0.2) is 0 Å². The third kappa shape index (κ3) is 4.87. The van der Waals surface area contributed by atoms with Gasteiger partial charge in [-0.05, 0) is 30.9 Å². The van der Waals surface area contributed by atoms with Gasteiger partial charge in [-0.25, -0.2) is 8.42 Å². The van der Waals surface area contributed by atoms with Crippen LogP contribution in [-0.2, 0) is 19.6 Å². The molecule has 0 unspecified atom stereocenters. The Balaban J connectivity index is 2.08. The van der Waals surface area contributed by atoms with Crippen molar-refractivity contribution in [3.8, 4) is 5.75 Å². The Bertz CT molecular complexity index is 777. The molecule has 1 aromatic carbocycles. The first-order chi connectivity index (χ1) is 12.2. The van der Waals surface area contributed by atoms with Gasteiger partial charge in [-0.15, -0.1) is 0 Å². The average molecular weight is 383 g/mol. The molecule has 26 heavy (non-hydrogen) atoms. The Morgan fingerprint density at radius 3 is 2.58 bits per heavy atom. The van der Waals surface area contributed by atoms with Crippen molar-refractivity contribution in [3.63, 3.8) is 0 Å². The standard InChI is InChI=1S/C17H25N3O5S/c1-12(2)7-8-18-16(21)17(22)19-14-6-5-13(11-15(14)25-3)20-9-4-10-26(20,23)24/h5-6,11-12H,4,7-10H2,1-3H3,(H,18,21)(H,19,22). The van der Waals surface area contributed by atoms with E-state index >= 15 is 0 Å². The number of benzene rings is 1. The molecule has 8 nitrogen and oxygen atoms in total. The molecule has 0 aliphatic carbocycles. The molecule has 2 rings (SSSR count). The van der Waals surface area contributed by atoms with E-state index in [1.165, 1.54) is 23.5 Å². The van der Waals surface area contributed by atoms with Gasteiger partial charge in [0.2, 0.25) is 10.0 Å². The van der Waals surface area contributed by atoms with Crippen molar-refractivity contribution in [1.29, 1.82) is 0 Å². The summed E-state index contributed by atoms with van der Waals surface area (Å²) >= 11 is 0. The maximum atomic E-state index is 12.0. The van der Waals surface area contributed by atoms with Gasteiger partial charge >= 0.3 is 11.8 Å². The number of hydrogen-bond acceptors (Lipinski definition) is 5. The van der Waals surface area contributed by atoms with Gasteiger partial charge in [0, 0.05) is 19.2 Å². The summed E-state index contributed by atoms with van der Waals surface area (Å²) in [5, 5.41) is 5.05. The molecule has 1 aliphatic rings. The van der Waals surface area contributed by atoms with E-state index in [1.54, 1.807) is 6.07 Å². The topological polar surface area (TPSA) is 105 Å². The summed E-state index contributed by atoms with van der Waals surface area (Å²) in [4.78, 5) is 23.9. The second-order valence-electron chi connectivity index (χ2n) is 6.52. The summed E-state index contributed by atoms with van der Waals surface area (Å²) < 4.78 is 30.6. The summed E-state index contributed by atoms with van der Waals surface area (Å²) in [5.74, 6) is -0.696. The number of carbonyl (C=O) groups excluding carboxylic acids is 2. The molecule has 9 heteroatoms. The van der Waals surface area contributed by atoms with Crippen LogP contribution >= 0.6 is 0 Å². The predicted octanol–water partition coefficient (Wildman–Crippen LogP) is 1.34. The van der Waals surface area contributed by atoms with E-state index in [1.807, 2.05) is 13.8 Å². The van der Waals surface area contributed by atoms with E-state index in [4.69, 9.17) is 4.74 Å². The van der Waals surface area contributed by atoms with Gasteiger partial charge in [0.25, 0.3) is 0 Å². The quantitative estimate of drug-likeness (QED) is 0.721. The molecule has 1 fully saturated rings. The Kier molecular flexibility index (Phi) is 6.47. The first-order valence-corrected chi connectivity index (χ1v) is 10.1. The van der Waals surface area contributed by atoms with Gasteiger partial charge in [0.1, 0.15) is 5.75 Å². The largest absolute Gasteiger partial charge is 0.494 e. The lowest BCUT2D eigenvalue weighted by molar-refractivity contribution is -0.136. The van der Waals surface area contributed by atoms with Gasteiger partial charge in [-0.3, -0.25) is 13.9 Å². The molecule has 0 bridgehead atoms. The number of ether oxygens (including phenoxy) is 1. The molecule has 0 saturated carbocycles. The van der Waals surface area contributed by atoms with Crippen LogP contribution in [0.2, 0.25) is 0 Å². The molecule has 2 N–H and O–H groups in total. The van der Waals surface area contributed by atoms with Crippen LogP contribution in [0.5, 0.6) is 5.75 Å². The highest BCUT2D eigenvalue weighted by molar-refractivity contribution is 7.93. The molecule has 1 saturated heterocycles. The molecule has 1 aliphatic heterocycles. The van der Waals surface area contributed by atoms with Crippen LogP contribution in [0.25, 0.3) is 0 Å². The minimum Gasteiger partial charge on any atom is -0.494 e. The molecule has 1 heterocycles. The smallest absolute Gasteiger partial charge is 0.313 e. The second-order valence-corrected chi connectivity index (χ2v) is 8.53. The minimum atomic E-state index is -3.31. The van der Waals surface area contributed by atoms with E-state index in [2.05, 4.69) is 10.6 Å². The minimum absolute atomic E-state index is 0.115. The number of nitrogens with one attached hydrogen (secondary N) is 2. The lowest BCUT2D eigenvalue weighted by atomic mass is 10.1. The summed E-state index contributed by atoms with van der Waals surface area (Å²) in [5.41, 5.74) is 0.774. The zero-order chi connectivity index (χ0) is 19.3. The highest BCUT2D eigenvalue weighted by Gasteiger charge is 2.29. The first kappa shape index (κ1) is 20.0. The number of amides is 2. The normalized spacial score (nSPS) is 15.8. The lowest BCUT2D eigenvalue weighted by Crippen LogP contribution is -2.36. The SMILES string of the molecule is COc1cc(N2CCCS2(=O)=O)ccc1NC(=O)C(=O)NCCC(C)C. The highest BCUT2D eigenvalue weighted by atomic mass is 32.2. The first-order valence-electron chi connectivity index (χ1n) is 8.52. The van der Waals surface area contributed by atoms with Crippen LogP contribution < -0.4 is 19.7 Å². The third-order valence-corrected chi connectivity index (χ3v) is 5.90. The summed E-state index contributed by atoms with van der Waals surface area (Å²) in [6.07, 6.45) is 1.35. The molecule has 0 spiro atoms. The van der Waals surface area contributed by atoms with Crippen molar-refractivity contribution < 1.29 is 22.7 Å². The van der Waals surface area contributed by atoms with Crippen LogP contribution in [0.1, 0.15) is 26.7 Å². The fraction of sp³-hybridized carbons (Fsp3) is 0.529. The summed E-state index contributed by atoms with van der Waals surface area (Å²) in [7, 11) is -1.89. The summed E-state index contributed by atoms with van der Waals surface area (Å²) in [6.45, 7) is 4.89. The van der Waals surface area contributed by atoms with Crippen molar-refractivity contribution in [1.82, 2.24) is 5.32 Å². The van der Waals surface area contributed by atoms with Crippen molar-refractivity contribution >= 4 is 33.2 Å². The fourth-order valence-corrected chi connectivity index (χ4v) is 4.16. The Morgan fingerprint density at radius 2 is 2.00 bits per heavy atom. The molecule has 0 aromatic heterocycles. The van der Waals surface area contributed by atoms with E-state index < -0.39 is 21.8 Å². The van der Waals surface area contributed by atoms with Gasteiger partial charge in [-0.1, -0.05) is 13.8 Å². The average Bonchev–Trinajstić information content (AvgIpc) is 2.94. The third-order valence-electron chi connectivity index (χ3n) is 4.03. The summed E-state index contributed by atoms with van der Waals surface area (Å²) in [6, 6.07) is 4.65. The van der Waals surface area contributed by atoms with E-state index in [0.29, 0.717) is 36.8 Å². The van der Waals surface area contributed by atoms with Crippen molar-refractivity contribution in [2.24, 2.45) is 5.92 Å². The maximum Gasteiger partial charge on any atom is 0.313 e.